The van der Waals surface area contributed by atoms with E-state index in [1.54, 1.807) is 27.0 Å². The second kappa shape index (κ2) is 9.39. The van der Waals surface area contributed by atoms with Gasteiger partial charge in [0.25, 0.3) is 5.91 Å². The average Bonchev–Trinajstić information content (AvgIpc) is 2.64. The molecule has 0 saturated carbocycles. The molecule has 2 amide bonds. The average molecular weight is 387 g/mol. The van der Waals surface area contributed by atoms with Crippen LogP contribution in [0.1, 0.15) is 46.6 Å². The van der Waals surface area contributed by atoms with Crippen LogP contribution >= 0.6 is 0 Å². The number of carbonyl (C=O) groups excluding carboxylic acids is 2. The molecule has 0 aliphatic carbocycles. The highest BCUT2D eigenvalue weighted by molar-refractivity contribution is 5.90. The fourth-order valence-corrected chi connectivity index (χ4v) is 2.59. The Hall–Kier alpha value is -2.83. The van der Waals surface area contributed by atoms with Crippen LogP contribution in [0, 0.1) is 5.92 Å². The first kappa shape index (κ1) is 21.5. The van der Waals surface area contributed by atoms with Gasteiger partial charge in [0.1, 0.15) is 24.0 Å². The third-order valence-electron chi connectivity index (χ3n) is 4.23. The molecule has 1 heterocycles. The minimum Gasteiger partial charge on any atom is -0.488 e. The van der Waals surface area contributed by atoms with Crippen LogP contribution in [-0.4, -0.2) is 36.5 Å². The molecule has 2 rings (SSSR count). The van der Waals surface area contributed by atoms with E-state index in [9.17, 15) is 9.59 Å². The molecule has 1 aliphatic heterocycles. The van der Waals surface area contributed by atoms with Crippen molar-refractivity contribution in [2.24, 2.45) is 11.0 Å². The monoisotopic (exact) mass is 387 g/mol. The molecule has 0 bridgehead atoms. The van der Waals surface area contributed by atoms with Crippen LogP contribution in [-0.2, 0) is 9.53 Å². The van der Waals surface area contributed by atoms with Gasteiger partial charge in [-0.15, -0.1) is 0 Å². The first-order valence-corrected chi connectivity index (χ1v) is 9.44. The van der Waals surface area contributed by atoms with Crippen molar-refractivity contribution in [1.82, 2.24) is 10.7 Å². The van der Waals surface area contributed by atoms with Gasteiger partial charge in [0, 0.05) is 11.1 Å². The highest BCUT2D eigenvalue weighted by atomic mass is 16.6. The number of para-hydroxylation sites is 1. The first-order valence-electron chi connectivity index (χ1n) is 9.44. The third kappa shape index (κ3) is 6.40. The van der Waals surface area contributed by atoms with Gasteiger partial charge >= 0.3 is 6.09 Å². The normalized spacial score (nSPS) is 15.7. The smallest absolute Gasteiger partial charge is 0.408 e. The van der Waals surface area contributed by atoms with Crippen molar-refractivity contribution in [2.75, 3.05) is 6.61 Å². The van der Waals surface area contributed by atoms with E-state index in [4.69, 9.17) is 9.47 Å². The Kier molecular flexibility index (Phi) is 7.20. The molecule has 2 N–H and O–H groups in total. The van der Waals surface area contributed by atoms with Gasteiger partial charge in [0.15, 0.2) is 0 Å². The van der Waals surface area contributed by atoms with Crippen LogP contribution < -0.4 is 15.5 Å². The summed E-state index contributed by atoms with van der Waals surface area (Å²) in [6, 6.07) is 6.96. The zero-order chi connectivity index (χ0) is 20.7. The van der Waals surface area contributed by atoms with Gasteiger partial charge in [0.2, 0.25) is 0 Å². The van der Waals surface area contributed by atoms with Gasteiger partial charge in [-0.1, -0.05) is 38.5 Å². The number of fused-ring (bicyclic) bond motifs is 1. The molecule has 1 unspecified atom stereocenters. The van der Waals surface area contributed by atoms with Gasteiger partial charge in [-0.05, 0) is 38.8 Å². The Morgan fingerprint density at radius 2 is 2.04 bits per heavy atom. The predicted octanol–water partition coefficient (Wildman–Crippen LogP) is 3.50. The van der Waals surface area contributed by atoms with Gasteiger partial charge in [-0.25, -0.2) is 10.2 Å². The standard InChI is InChI=1S/C21H29N3O4/c1-6-14(2)18(23-20(26)28-21(3,4)5)19(25)24-22-12-15-11-16-9-7-8-10-17(16)27-13-15/h7-12,14,18H,6,13H2,1-5H3,(H,23,26)(H,24,25)/b22-12+/t14?,18-/m0/s1. The second-order valence-corrected chi connectivity index (χ2v) is 7.79. The van der Waals surface area contributed by atoms with Crippen molar-refractivity contribution in [3.8, 4) is 5.75 Å². The van der Waals surface area contributed by atoms with E-state index in [0.29, 0.717) is 13.0 Å². The molecule has 7 heteroatoms. The van der Waals surface area contributed by atoms with Crippen LogP contribution in [0.15, 0.2) is 34.9 Å². The lowest BCUT2D eigenvalue weighted by molar-refractivity contribution is -0.124. The molecular weight excluding hydrogens is 358 g/mol. The summed E-state index contributed by atoms with van der Waals surface area (Å²) in [7, 11) is 0. The first-order chi connectivity index (χ1) is 13.2. The zero-order valence-corrected chi connectivity index (χ0v) is 17.1. The molecule has 0 fully saturated rings. The summed E-state index contributed by atoms with van der Waals surface area (Å²) in [4.78, 5) is 24.6. The van der Waals surface area contributed by atoms with Crippen molar-refractivity contribution in [3.63, 3.8) is 0 Å². The largest absolute Gasteiger partial charge is 0.488 e. The van der Waals surface area contributed by atoms with Crippen molar-refractivity contribution < 1.29 is 19.1 Å². The zero-order valence-electron chi connectivity index (χ0n) is 17.1. The molecule has 0 aromatic heterocycles. The van der Waals surface area contributed by atoms with Gasteiger partial charge in [-0.3, -0.25) is 4.79 Å². The number of amides is 2. The fourth-order valence-electron chi connectivity index (χ4n) is 2.59. The Bertz CT molecular complexity index is 765. The molecule has 1 aromatic rings. The summed E-state index contributed by atoms with van der Waals surface area (Å²) in [6.07, 6.45) is 3.60. The number of ether oxygens (including phenoxy) is 2. The number of hydrogen-bond donors (Lipinski definition) is 2. The number of alkyl carbamates (subject to hydrolysis) is 1. The highest BCUT2D eigenvalue weighted by Crippen LogP contribution is 2.24. The van der Waals surface area contributed by atoms with Crippen molar-refractivity contribution in [1.29, 1.82) is 0 Å². The van der Waals surface area contributed by atoms with Crippen LogP contribution in [0.5, 0.6) is 5.75 Å². The minimum atomic E-state index is -0.741. The van der Waals surface area contributed by atoms with E-state index < -0.39 is 23.6 Å². The van der Waals surface area contributed by atoms with Crippen molar-refractivity contribution in [3.05, 3.63) is 35.4 Å². The maximum Gasteiger partial charge on any atom is 0.408 e. The Morgan fingerprint density at radius 1 is 1.32 bits per heavy atom. The summed E-state index contributed by atoms with van der Waals surface area (Å²) in [5, 5.41) is 6.66. The number of nitrogens with zero attached hydrogens (tertiary/aromatic N) is 1. The predicted molar refractivity (Wildman–Crippen MR) is 109 cm³/mol. The highest BCUT2D eigenvalue weighted by Gasteiger charge is 2.28. The summed E-state index contributed by atoms with van der Waals surface area (Å²) in [6.45, 7) is 9.53. The molecule has 2 atom stereocenters. The molecule has 1 aliphatic rings. The lowest BCUT2D eigenvalue weighted by Gasteiger charge is -2.25. The maximum absolute atomic E-state index is 12.5. The van der Waals surface area contributed by atoms with E-state index in [-0.39, 0.29) is 5.92 Å². The number of hydrazone groups is 1. The molecule has 0 radical (unpaired) electrons. The molecule has 0 saturated heterocycles. The van der Waals surface area contributed by atoms with E-state index in [2.05, 4.69) is 15.8 Å². The van der Waals surface area contributed by atoms with E-state index in [1.807, 2.05) is 44.2 Å². The maximum atomic E-state index is 12.5. The quantitative estimate of drug-likeness (QED) is 0.577. The van der Waals surface area contributed by atoms with Crippen LogP contribution in [0.2, 0.25) is 0 Å². The Morgan fingerprint density at radius 3 is 2.71 bits per heavy atom. The Labute approximate surface area is 166 Å². The molecular formula is C21H29N3O4. The third-order valence-corrected chi connectivity index (χ3v) is 4.23. The van der Waals surface area contributed by atoms with Gasteiger partial charge in [0.05, 0.1) is 6.21 Å². The topological polar surface area (TPSA) is 89.0 Å². The summed E-state index contributed by atoms with van der Waals surface area (Å²) in [5.74, 6) is 0.350. The Balaban J connectivity index is 1.98. The molecule has 1 aromatic carbocycles. The molecule has 0 spiro atoms. The number of rotatable bonds is 6. The lowest BCUT2D eigenvalue weighted by Crippen LogP contribution is -2.50. The summed E-state index contributed by atoms with van der Waals surface area (Å²) in [5.41, 5.74) is 3.66. The fraction of sp³-hybridized carbons (Fsp3) is 0.476. The SMILES string of the molecule is CCC(C)[C@H](NC(=O)OC(C)(C)C)C(=O)N/N=C/C1=Cc2ccccc2OC1. The van der Waals surface area contributed by atoms with Crippen LogP contribution in [0.3, 0.4) is 0 Å². The van der Waals surface area contributed by atoms with Crippen LogP contribution in [0.4, 0.5) is 4.79 Å². The molecule has 152 valence electrons. The number of benzene rings is 1. The lowest BCUT2D eigenvalue weighted by atomic mass is 9.99. The molecule has 7 nitrogen and oxygen atoms in total. The number of carbonyl (C=O) groups is 2. The van der Waals surface area contributed by atoms with Gasteiger partial charge < -0.3 is 14.8 Å². The van der Waals surface area contributed by atoms with Gasteiger partial charge in [-0.2, -0.15) is 5.10 Å². The summed E-state index contributed by atoms with van der Waals surface area (Å²) >= 11 is 0. The number of hydrogen-bond acceptors (Lipinski definition) is 5. The second-order valence-electron chi connectivity index (χ2n) is 7.79. The number of nitrogens with one attached hydrogen (secondary N) is 2. The molecule has 28 heavy (non-hydrogen) atoms. The van der Waals surface area contributed by atoms with Crippen molar-refractivity contribution in [2.45, 2.75) is 52.7 Å². The summed E-state index contributed by atoms with van der Waals surface area (Å²) < 4.78 is 10.9. The van der Waals surface area contributed by atoms with Crippen molar-refractivity contribution >= 4 is 24.3 Å². The van der Waals surface area contributed by atoms with Crippen LogP contribution in [0.25, 0.3) is 6.08 Å². The van der Waals surface area contributed by atoms with E-state index >= 15 is 0 Å². The van der Waals surface area contributed by atoms with E-state index in [1.165, 1.54) is 0 Å². The minimum absolute atomic E-state index is 0.0770. The van der Waals surface area contributed by atoms with E-state index in [0.717, 1.165) is 16.9 Å².